The molecule has 8 aromatic rings. The van der Waals surface area contributed by atoms with Crippen LogP contribution in [0.5, 0.6) is 0 Å². The summed E-state index contributed by atoms with van der Waals surface area (Å²) in [5.74, 6) is 0. The predicted molar refractivity (Wildman–Crippen MR) is 219 cm³/mol. The molecular formula is C49H45N. The maximum absolute atomic E-state index is 2.30. The van der Waals surface area contributed by atoms with Crippen LogP contribution in [0.4, 0.5) is 17.1 Å². The van der Waals surface area contributed by atoms with Gasteiger partial charge in [0.25, 0.3) is 0 Å². The molecule has 0 spiro atoms. The fraction of sp³-hybridized carbons (Fsp3) is 0.102. The molecule has 0 bridgehead atoms. The molecule has 246 valence electrons. The van der Waals surface area contributed by atoms with Gasteiger partial charge >= 0.3 is 0 Å². The van der Waals surface area contributed by atoms with E-state index in [2.05, 4.69) is 207 Å². The van der Waals surface area contributed by atoms with Gasteiger partial charge < -0.3 is 4.90 Å². The highest BCUT2D eigenvalue weighted by Crippen LogP contribution is 2.36. The summed E-state index contributed by atoms with van der Waals surface area (Å²) in [6.45, 7) is 8.35. The highest BCUT2D eigenvalue weighted by Gasteiger charge is 2.13. The maximum Gasteiger partial charge on any atom is 0.0462 e. The number of hydrogen-bond acceptors (Lipinski definition) is 1. The van der Waals surface area contributed by atoms with Crippen LogP contribution in [0.15, 0.2) is 188 Å². The van der Waals surface area contributed by atoms with Gasteiger partial charge in [0.2, 0.25) is 0 Å². The first-order valence-electron chi connectivity index (χ1n) is 17.7. The van der Waals surface area contributed by atoms with Crippen molar-refractivity contribution in [2.45, 2.75) is 34.1 Å². The summed E-state index contributed by atoms with van der Waals surface area (Å²) in [7, 11) is 0. The molecule has 0 saturated carbocycles. The van der Waals surface area contributed by atoms with Crippen molar-refractivity contribution in [2.75, 3.05) is 4.90 Å². The lowest BCUT2D eigenvalue weighted by Crippen LogP contribution is -2.09. The van der Waals surface area contributed by atoms with Crippen LogP contribution in [-0.2, 0) is 6.42 Å². The van der Waals surface area contributed by atoms with Crippen LogP contribution in [0.1, 0.15) is 31.9 Å². The van der Waals surface area contributed by atoms with Crippen LogP contribution in [0.3, 0.4) is 0 Å². The van der Waals surface area contributed by atoms with Crippen molar-refractivity contribution in [3.05, 3.63) is 199 Å². The number of rotatable bonds is 6. The number of fused-ring (bicyclic) bond motifs is 2. The van der Waals surface area contributed by atoms with Gasteiger partial charge in [0.05, 0.1) is 0 Å². The molecule has 0 aromatic heterocycles. The largest absolute Gasteiger partial charge is 0.311 e. The highest BCUT2D eigenvalue weighted by molar-refractivity contribution is 6.02. The highest BCUT2D eigenvalue weighted by atomic mass is 15.1. The Labute approximate surface area is 298 Å². The predicted octanol–water partition coefficient (Wildman–Crippen LogP) is 14.4. The van der Waals surface area contributed by atoms with Crippen LogP contribution in [0.25, 0.3) is 43.8 Å². The smallest absolute Gasteiger partial charge is 0.0462 e. The average Bonchev–Trinajstić information content (AvgIpc) is 3.20. The summed E-state index contributed by atoms with van der Waals surface area (Å²) in [5, 5.41) is 5.48. The summed E-state index contributed by atoms with van der Waals surface area (Å²) in [5.41, 5.74) is 11.1. The Hall–Kier alpha value is -5.92. The molecule has 0 aliphatic carbocycles. The van der Waals surface area contributed by atoms with E-state index < -0.39 is 0 Å². The van der Waals surface area contributed by atoms with E-state index in [4.69, 9.17) is 0 Å². The molecule has 0 unspecified atom stereocenters. The lowest BCUT2D eigenvalue weighted by atomic mass is 9.95. The number of anilines is 3. The summed E-state index contributed by atoms with van der Waals surface area (Å²) < 4.78 is 0. The van der Waals surface area contributed by atoms with Gasteiger partial charge in [-0.2, -0.15) is 0 Å². The molecule has 0 heterocycles. The van der Waals surface area contributed by atoms with E-state index in [1.807, 2.05) is 13.8 Å². The van der Waals surface area contributed by atoms with Crippen molar-refractivity contribution in [1.82, 2.24) is 0 Å². The van der Waals surface area contributed by atoms with Gasteiger partial charge in [-0.1, -0.05) is 172 Å². The zero-order valence-corrected chi connectivity index (χ0v) is 29.6. The van der Waals surface area contributed by atoms with Gasteiger partial charge in [0.1, 0.15) is 0 Å². The quantitative estimate of drug-likeness (QED) is 0.162. The normalized spacial score (nSPS) is 10.5. The van der Waals surface area contributed by atoms with Crippen LogP contribution in [0.2, 0.25) is 0 Å². The molecule has 8 rings (SSSR count). The van der Waals surface area contributed by atoms with Crippen molar-refractivity contribution in [3.8, 4) is 22.3 Å². The van der Waals surface area contributed by atoms with E-state index in [0.29, 0.717) is 0 Å². The number of nitrogens with zero attached hydrogens (tertiary/aromatic N) is 1. The molecule has 0 amide bonds. The molecule has 0 N–H and O–H groups in total. The average molecular weight is 648 g/mol. The first kappa shape index (κ1) is 34.0. The number of benzene rings is 8. The number of aryl methyl sites for hydroxylation is 2. The summed E-state index contributed by atoms with van der Waals surface area (Å²) in [6.07, 6.45) is 1.09. The van der Waals surface area contributed by atoms with Gasteiger partial charge in [0.15, 0.2) is 0 Å². The van der Waals surface area contributed by atoms with E-state index in [0.717, 1.165) is 23.5 Å². The fourth-order valence-corrected chi connectivity index (χ4v) is 6.50. The number of hydrogen-bond donors (Lipinski definition) is 0. The minimum Gasteiger partial charge on any atom is -0.311 e. The summed E-state index contributed by atoms with van der Waals surface area (Å²) in [6, 6.07) is 66.9. The molecule has 1 heteroatoms. The molecule has 0 aliphatic rings. The molecule has 1 nitrogen and oxygen atoms in total. The SMILES string of the molecule is CC.CCc1c2ccccc2cc2ccccc12.Cc1ccc(-c2ccc(N(c3ccccc3)c3ccc(-c4ccccc4)cc3)cc2)cc1. The fourth-order valence-electron chi connectivity index (χ4n) is 6.50. The van der Waals surface area contributed by atoms with E-state index in [1.165, 1.54) is 54.9 Å². The van der Waals surface area contributed by atoms with Gasteiger partial charge in [-0.3, -0.25) is 0 Å². The molecule has 0 radical (unpaired) electrons. The minimum absolute atomic E-state index is 1.09. The molecule has 0 aliphatic heterocycles. The first-order valence-corrected chi connectivity index (χ1v) is 17.7. The Morgan fingerprint density at radius 1 is 0.380 bits per heavy atom. The number of para-hydroxylation sites is 1. The Bertz CT molecular complexity index is 2180. The third-order valence-electron chi connectivity index (χ3n) is 8.99. The molecule has 50 heavy (non-hydrogen) atoms. The van der Waals surface area contributed by atoms with Crippen LogP contribution < -0.4 is 4.90 Å². The monoisotopic (exact) mass is 647 g/mol. The topological polar surface area (TPSA) is 3.24 Å². The lowest BCUT2D eigenvalue weighted by molar-refractivity contribution is 1.18. The third-order valence-corrected chi connectivity index (χ3v) is 8.99. The summed E-state index contributed by atoms with van der Waals surface area (Å²) in [4.78, 5) is 2.30. The summed E-state index contributed by atoms with van der Waals surface area (Å²) >= 11 is 0. The van der Waals surface area contributed by atoms with Crippen molar-refractivity contribution in [3.63, 3.8) is 0 Å². The van der Waals surface area contributed by atoms with E-state index in [9.17, 15) is 0 Å². The second kappa shape index (κ2) is 16.5. The molecule has 8 aromatic carbocycles. The van der Waals surface area contributed by atoms with Crippen molar-refractivity contribution >= 4 is 38.6 Å². The lowest BCUT2D eigenvalue weighted by Gasteiger charge is -2.26. The van der Waals surface area contributed by atoms with Crippen molar-refractivity contribution in [1.29, 1.82) is 0 Å². The molecule has 0 atom stereocenters. The van der Waals surface area contributed by atoms with Gasteiger partial charge in [-0.05, 0) is 105 Å². The van der Waals surface area contributed by atoms with Crippen LogP contribution in [-0.4, -0.2) is 0 Å². The Morgan fingerprint density at radius 3 is 1.20 bits per heavy atom. The Kier molecular flexibility index (Phi) is 11.2. The van der Waals surface area contributed by atoms with Crippen LogP contribution >= 0.6 is 0 Å². The Balaban J connectivity index is 0.000000200. The minimum atomic E-state index is 1.09. The second-order valence-electron chi connectivity index (χ2n) is 12.1. The van der Waals surface area contributed by atoms with Gasteiger partial charge in [-0.25, -0.2) is 0 Å². The maximum atomic E-state index is 2.30. The zero-order chi connectivity index (χ0) is 34.7. The van der Waals surface area contributed by atoms with Gasteiger partial charge in [0, 0.05) is 17.1 Å². The second-order valence-corrected chi connectivity index (χ2v) is 12.1. The van der Waals surface area contributed by atoms with E-state index in [1.54, 1.807) is 0 Å². The van der Waals surface area contributed by atoms with Crippen molar-refractivity contribution < 1.29 is 0 Å². The standard InChI is InChI=1S/C31H25N.C16H14.C2H6/c1-24-12-14-26(15-13-24)28-18-22-31(23-19-28)32(29-10-6-3-7-11-29)30-20-16-27(17-21-30)25-8-4-2-5-9-25;1-2-14-15-9-5-3-7-12(15)11-13-8-4-6-10-16(13)14;1-2/h2-23H,1H3;3-11H,2H2,1H3;1-2H3. The van der Waals surface area contributed by atoms with E-state index in [-0.39, 0.29) is 0 Å². The third kappa shape index (κ3) is 7.69. The van der Waals surface area contributed by atoms with Crippen molar-refractivity contribution in [2.24, 2.45) is 0 Å². The zero-order valence-electron chi connectivity index (χ0n) is 29.6. The first-order chi connectivity index (χ1) is 24.7. The van der Waals surface area contributed by atoms with E-state index >= 15 is 0 Å². The molecular weight excluding hydrogens is 603 g/mol. The Morgan fingerprint density at radius 2 is 0.740 bits per heavy atom. The molecule has 0 fully saturated rings. The molecule has 0 saturated heterocycles. The van der Waals surface area contributed by atoms with Crippen LogP contribution in [0, 0.1) is 6.92 Å². The van der Waals surface area contributed by atoms with Gasteiger partial charge in [-0.15, -0.1) is 0 Å².